The summed E-state index contributed by atoms with van der Waals surface area (Å²) in [6.45, 7) is 4.33. The van der Waals surface area contributed by atoms with Crippen molar-refractivity contribution in [3.05, 3.63) is 29.3 Å². The van der Waals surface area contributed by atoms with Crippen LogP contribution < -0.4 is 16.4 Å². The van der Waals surface area contributed by atoms with Crippen LogP contribution in [0.15, 0.2) is 34.3 Å². The largest absolute Gasteiger partial charge is 0.369 e. The first-order valence-corrected chi connectivity index (χ1v) is 10.6. The molecule has 150 valence electrons. The lowest BCUT2D eigenvalue weighted by Crippen LogP contribution is -2.56. The lowest BCUT2D eigenvalue weighted by atomic mass is 9.99. The molecule has 4 N–H and O–H groups in total. The van der Waals surface area contributed by atoms with E-state index in [9.17, 15) is 0 Å². The standard InChI is InChI=1S/C21H34ClN5/c1-3-4-5-6-7-8-9-10-11-16-21(2)26-19(23)25-20(24)27(21)18-14-12-17(22)13-15-18/h12-15H,3-11,16H2,1-2H3,(H4,23,24,25,26). The second kappa shape index (κ2) is 10.5. The van der Waals surface area contributed by atoms with Crippen LogP contribution >= 0.6 is 11.6 Å². The third-order valence-corrected chi connectivity index (χ3v) is 5.39. The van der Waals surface area contributed by atoms with Crippen molar-refractivity contribution in [3.63, 3.8) is 0 Å². The molecule has 5 nitrogen and oxygen atoms in total. The molecule has 0 aromatic heterocycles. The van der Waals surface area contributed by atoms with Gasteiger partial charge in [0.25, 0.3) is 0 Å². The van der Waals surface area contributed by atoms with E-state index in [4.69, 9.17) is 23.1 Å². The fraction of sp³-hybridized carbons (Fsp3) is 0.619. The minimum Gasteiger partial charge on any atom is -0.369 e. The zero-order chi connectivity index (χ0) is 19.7. The molecule has 0 saturated heterocycles. The van der Waals surface area contributed by atoms with Crippen LogP contribution in [0.2, 0.25) is 5.02 Å². The van der Waals surface area contributed by atoms with Crippen LogP contribution in [-0.4, -0.2) is 17.6 Å². The Hall–Kier alpha value is -1.75. The van der Waals surface area contributed by atoms with Crippen LogP contribution in [0.25, 0.3) is 0 Å². The molecule has 1 aliphatic rings. The smallest absolute Gasteiger partial charge is 0.220 e. The number of rotatable bonds is 11. The zero-order valence-corrected chi connectivity index (χ0v) is 17.5. The third kappa shape index (κ3) is 6.42. The summed E-state index contributed by atoms with van der Waals surface area (Å²) in [5.41, 5.74) is 12.5. The minimum absolute atomic E-state index is 0.246. The number of hydrogen-bond acceptors (Lipinski definition) is 5. The van der Waals surface area contributed by atoms with Crippen molar-refractivity contribution >= 4 is 29.2 Å². The first-order valence-electron chi connectivity index (χ1n) is 10.2. The van der Waals surface area contributed by atoms with Crippen molar-refractivity contribution in [2.24, 2.45) is 21.5 Å². The van der Waals surface area contributed by atoms with Crippen LogP contribution in [0.4, 0.5) is 5.69 Å². The van der Waals surface area contributed by atoms with Crippen molar-refractivity contribution in [3.8, 4) is 0 Å². The Morgan fingerprint density at radius 1 is 0.926 bits per heavy atom. The van der Waals surface area contributed by atoms with Gasteiger partial charge in [0, 0.05) is 10.7 Å². The Kier molecular flexibility index (Phi) is 8.42. The van der Waals surface area contributed by atoms with Crippen molar-refractivity contribution in [1.29, 1.82) is 0 Å². The lowest BCUT2D eigenvalue weighted by Gasteiger charge is -2.41. The molecule has 6 heteroatoms. The van der Waals surface area contributed by atoms with Crippen molar-refractivity contribution in [2.45, 2.75) is 83.7 Å². The van der Waals surface area contributed by atoms with Gasteiger partial charge in [-0.25, -0.2) is 4.99 Å². The number of nitrogens with zero attached hydrogens (tertiary/aromatic N) is 3. The molecule has 0 radical (unpaired) electrons. The van der Waals surface area contributed by atoms with Gasteiger partial charge in [-0.1, -0.05) is 69.9 Å². The molecule has 0 fully saturated rings. The average Bonchev–Trinajstić information content (AvgIpc) is 2.61. The van der Waals surface area contributed by atoms with Gasteiger partial charge in [0.1, 0.15) is 5.66 Å². The predicted octanol–water partition coefficient (Wildman–Crippen LogP) is 5.43. The molecular weight excluding hydrogens is 358 g/mol. The van der Waals surface area contributed by atoms with E-state index in [1.807, 2.05) is 29.2 Å². The number of anilines is 1. The van der Waals surface area contributed by atoms with E-state index in [2.05, 4.69) is 23.8 Å². The van der Waals surface area contributed by atoms with E-state index in [0.717, 1.165) is 18.5 Å². The second-order valence-corrected chi connectivity index (χ2v) is 7.98. The van der Waals surface area contributed by atoms with Gasteiger partial charge in [-0.2, -0.15) is 4.99 Å². The zero-order valence-electron chi connectivity index (χ0n) is 16.8. The molecule has 0 saturated carbocycles. The van der Waals surface area contributed by atoms with E-state index in [-0.39, 0.29) is 5.96 Å². The number of hydrogen-bond donors (Lipinski definition) is 2. The fourth-order valence-electron chi connectivity index (χ4n) is 3.67. The molecule has 1 atom stereocenters. The summed E-state index contributed by atoms with van der Waals surface area (Å²) in [7, 11) is 0. The summed E-state index contributed by atoms with van der Waals surface area (Å²) < 4.78 is 0. The molecule has 0 bridgehead atoms. The van der Waals surface area contributed by atoms with Gasteiger partial charge >= 0.3 is 0 Å². The van der Waals surface area contributed by atoms with Crippen LogP contribution in [0.1, 0.15) is 78.1 Å². The first kappa shape index (κ1) is 21.5. The molecular formula is C21H34ClN5. The molecule has 0 spiro atoms. The number of nitrogens with two attached hydrogens (primary N) is 2. The summed E-state index contributed by atoms with van der Waals surface area (Å²) in [6.07, 6.45) is 12.5. The topological polar surface area (TPSA) is 80.0 Å². The van der Waals surface area contributed by atoms with Crippen molar-refractivity contribution in [1.82, 2.24) is 0 Å². The highest BCUT2D eigenvalue weighted by molar-refractivity contribution is 6.30. The molecule has 1 aromatic carbocycles. The summed E-state index contributed by atoms with van der Waals surface area (Å²) >= 11 is 6.03. The Bertz CT molecular complexity index is 640. The van der Waals surface area contributed by atoms with Gasteiger partial charge in [0.15, 0.2) is 0 Å². The second-order valence-electron chi connectivity index (χ2n) is 7.55. The van der Waals surface area contributed by atoms with Crippen molar-refractivity contribution < 1.29 is 0 Å². The van der Waals surface area contributed by atoms with Crippen LogP contribution in [0.3, 0.4) is 0 Å². The normalized spacial score (nSPS) is 19.7. The molecule has 1 aliphatic heterocycles. The number of unbranched alkanes of at least 4 members (excludes halogenated alkanes) is 8. The Labute approximate surface area is 168 Å². The summed E-state index contributed by atoms with van der Waals surface area (Å²) in [4.78, 5) is 10.8. The van der Waals surface area contributed by atoms with E-state index in [1.165, 1.54) is 51.4 Å². The number of aliphatic imine (C=N–C) groups is 2. The maximum absolute atomic E-state index is 6.21. The highest BCUT2D eigenvalue weighted by Crippen LogP contribution is 2.32. The molecule has 0 aliphatic carbocycles. The van der Waals surface area contributed by atoms with E-state index >= 15 is 0 Å². The first-order chi connectivity index (χ1) is 13.0. The lowest BCUT2D eigenvalue weighted by molar-refractivity contribution is 0.416. The van der Waals surface area contributed by atoms with Gasteiger partial charge in [-0.05, 0) is 44.0 Å². The Balaban J connectivity index is 1.89. The van der Waals surface area contributed by atoms with Gasteiger partial charge in [0.2, 0.25) is 11.9 Å². The van der Waals surface area contributed by atoms with Gasteiger partial charge in [-0.15, -0.1) is 0 Å². The van der Waals surface area contributed by atoms with Gasteiger partial charge < -0.3 is 11.5 Å². The molecule has 1 heterocycles. The summed E-state index contributed by atoms with van der Waals surface area (Å²) in [6, 6.07) is 7.59. The molecule has 27 heavy (non-hydrogen) atoms. The average molecular weight is 392 g/mol. The quantitative estimate of drug-likeness (QED) is 0.493. The van der Waals surface area contributed by atoms with E-state index < -0.39 is 5.66 Å². The molecule has 2 rings (SSSR count). The van der Waals surface area contributed by atoms with Gasteiger partial charge in [-0.3, -0.25) is 4.90 Å². The fourth-order valence-corrected chi connectivity index (χ4v) is 3.80. The highest BCUT2D eigenvalue weighted by atomic mass is 35.5. The van der Waals surface area contributed by atoms with E-state index in [0.29, 0.717) is 11.0 Å². The number of guanidine groups is 2. The molecule has 0 amide bonds. The van der Waals surface area contributed by atoms with Crippen LogP contribution in [0, 0.1) is 0 Å². The predicted molar refractivity (Wildman–Crippen MR) is 117 cm³/mol. The van der Waals surface area contributed by atoms with Crippen LogP contribution in [0.5, 0.6) is 0 Å². The molecule has 1 aromatic rings. The van der Waals surface area contributed by atoms with Crippen LogP contribution in [-0.2, 0) is 0 Å². The maximum atomic E-state index is 6.21. The molecule has 1 unspecified atom stereocenters. The summed E-state index contributed by atoms with van der Waals surface area (Å²) in [5.74, 6) is 0.624. The SMILES string of the molecule is CCCCCCCCCCCC1(C)N=C(N)N=C(N)N1c1ccc(Cl)cc1. The Morgan fingerprint density at radius 3 is 2.07 bits per heavy atom. The number of halogens is 1. The highest BCUT2D eigenvalue weighted by Gasteiger charge is 2.36. The third-order valence-electron chi connectivity index (χ3n) is 5.13. The number of benzene rings is 1. The summed E-state index contributed by atoms with van der Waals surface area (Å²) in [5, 5.41) is 0.690. The van der Waals surface area contributed by atoms with E-state index in [1.54, 1.807) is 0 Å². The maximum Gasteiger partial charge on any atom is 0.220 e. The van der Waals surface area contributed by atoms with Gasteiger partial charge in [0.05, 0.1) is 0 Å². The monoisotopic (exact) mass is 391 g/mol. The minimum atomic E-state index is -0.523. The van der Waals surface area contributed by atoms with Crippen molar-refractivity contribution in [2.75, 3.05) is 4.90 Å². The Morgan fingerprint density at radius 2 is 1.48 bits per heavy atom.